The number of hydrogen-bond acceptors (Lipinski definition) is 6. The average Bonchev–Trinajstić information content (AvgIpc) is 3.10. The summed E-state index contributed by atoms with van der Waals surface area (Å²) in [4.78, 5) is 24.0. The van der Waals surface area contributed by atoms with Gasteiger partial charge < -0.3 is 24.3 Å². The Morgan fingerprint density at radius 3 is 2.65 bits per heavy atom. The predicted octanol–water partition coefficient (Wildman–Crippen LogP) is 3.24. The Labute approximate surface area is 150 Å². The number of methoxy groups -OCH3 is 1. The molecule has 8 heteroatoms. The van der Waals surface area contributed by atoms with Gasteiger partial charge in [0.2, 0.25) is 6.79 Å². The second kappa shape index (κ2) is 7.64. The third-order valence-corrected chi connectivity index (χ3v) is 3.61. The fraction of sp³-hybridized carbons (Fsp3) is 0.222. The molecule has 3 rings (SSSR count). The number of amides is 2. The third kappa shape index (κ3) is 3.80. The summed E-state index contributed by atoms with van der Waals surface area (Å²) in [5.74, 6) is 1.22. The molecule has 0 atom stereocenters. The van der Waals surface area contributed by atoms with E-state index in [-0.39, 0.29) is 19.3 Å². The van der Waals surface area contributed by atoms with Crippen molar-refractivity contribution in [2.45, 2.75) is 6.92 Å². The molecule has 0 saturated heterocycles. The van der Waals surface area contributed by atoms with E-state index >= 15 is 0 Å². The van der Waals surface area contributed by atoms with Crippen molar-refractivity contribution in [2.24, 2.45) is 0 Å². The molecule has 26 heavy (non-hydrogen) atoms. The van der Waals surface area contributed by atoms with Crippen molar-refractivity contribution in [1.29, 1.82) is 0 Å². The molecule has 1 aliphatic rings. The van der Waals surface area contributed by atoms with Crippen LogP contribution in [0.2, 0.25) is 0 Å². The van der Waals surface area contributed by atoms with Crippen LogP contribution in [0, 0.1) is 0 Å². The van der Waals surface area contributed by atoms with Gasteiger partial charge in [-0.3, -0.25) is 10.1 Å². The Morgan fingerprint density at radius 2 is 1.88 bits per heavy atom. The zero-order chi connectivity index (χ0) is 18.5. The number of carbonyl (C=O) groups is 2. The normalized spacial score (nSPS) is 11.6. The lowest BCUT2D eigenvalue weighted by atomic mass is 10.1. The van der Waals surface area contributed by atoms with Gasteiger partial charge in [0.05, 0.1) is 19.4 Å². The van der Waals surface area contributed by atoms with Gasteiger partial charge in [-0.05, 0) is 37.3 Å². The highest BCUT2D eigenvalue weighted by Crippen LogP contribution is 2.33. The molecule has 2 aromatic rings. The second-order valence-electron chi connectivity index (χ2n) is 5.28. The van der Waals surface area contributed by atoms with Crippen molar-refractivity contribution in [3.05, 3.63) is 42.0 Å². The van der Waals surface area contributed by atoms with Gasteiger partial charge >= 0.3 is 6.09 Å². The number of ether oxygens (including phenoxy) is 4. The molecule has 1 heterocycles. The molecule has 2 amide bonds. The van der Waals surface area contributed by atoms with Gasteiger partial charge in [0.1, 0.15) is 5.75 Å². The third-order valence-electron chi connectivity index (χ3n) is 3.61. The van der Waals surface area contributed by atoms with E-state index in [1.165, 1.54) is 7.11 Å². The molecule has 0 unspecified atom stereocenters. The van der Waals surface area contributed by atoms with Gasteiger partial charge in [-0.1, -0.05) is 0 Å². The number of carbonyl (C=O) groups excluding carboxylic acids is 2. The monoisotopic (exact) mass is 358 g/mol. The van der Waals surface area contributed by atoms with E-state index in [0.29, 0.717) is 34.2 Å². The zero-order valence-corrected chi connectivity index (χ0v) is 14.3. The van der Waals surface area contributed by atoms with Crippen molar-refractivity contribution in [2.75, 3.05) is 31.1 Å². The maximum absolute atomic E-state index is 12.4. The molecule has 2 N–H and O–H groups in total. The average molecular weight is 358 g/mol. The van der Waals surface area contributed by atoms with Gasteiger partial charge in [-0.2, -0.15) is 0 Å². The molecular weight excluding hydrogens is 340 g/mol. The van der Waals surface area contributed by atoms with E-state index in [2.05, 4.69) is 10.6 Å². The van der Waals surface area contributed by atoms with Crippen LogP contribution in [0.1, 0.15) is 17.3 Å². The van der Waals surface area contributed by atoms with Gasteiger partial charge in [0.15, 0.2) is 11.5 Å². The van der Waals surface area contributed by atoms with E-state index in [1.807, 2.05) is 0 Å². The van der Waals surface area contributed by atoms with Crippen molar-refractivity contribution < 1.29 is 28.5 Å². The van der Waals surface area contributed by atoms with Crippen LogP contribution in [0.5, 0.6) is 17.2 Å². The molecule has 2 aromatic carbocycles. The maximum atomic E-state index is 12.4. The molecule has 1 aliphatic heterocycles. The number of benzene rings is 2. The molecular formula is C18H18N2O6. The smallest absolute Gasteiger partial charge is 0.411 e. The molecule has 0 fully saturated rings. The molecule has 8 nitrogen and oxygen atoms in total. The maximum Gasteiger partial charge on any atom is 0.411 e. The minimum atomic E-state index is -0.581. The number of anilines is 2. The highest BCUT2D eigenvalue weighted by Gasteiger charge is 2.17. The zero-order valence-electron chi connectivity index (χ0n) is 14.3. The summed E-state index contributed by atoms with van der Waals surface area (Å²) >= 11 is 0. The highest BCUT2D eigenvalue weighted by molar-refractivity contribution is 6.05. The van der Waals surface area contributed by atoms with Crippen LogP contribution >= 0.6 is 0 Å². The summed E-state index contributed by atoms with van der Waals surface area (Å²) < 4.78 is 20.6. The van der Waals surface area contributed by atoms with E-state index in [9.17, 15) is 9.59 Å². The fourth-order valence-electron chi connectivity index (χ4n) is 2.39. The quantitative estimate of drug-likeness (QED) is 0.852. The van der Waals surface area contributed by atoms with Crippen LogP contribution < -0.4 is 24.8 Å². The number of rotatable bonds is 5. The Kier molecular flexibility index (Phi) is 5.12. The van der Waals surface area contributed by atoms with Crippen LogP contribution in [0.3, 0.4) is 0 Å². The minimum Gasteiger partial charge on any atom is -0.494 e. The van der Waals surface area contributed by atoms with Gasteiger partial charge in [0, 0.05) is 17.3 Å². The van der Waals surface area contributed by atoms with E-state index in [1.54, 1.807) is 43.3 Å². The van der Waals surface area contributed by atoms with Crippen LogP contribution in [-0.4, -0.2) is 32.5 Å². The number of nitrogens with one attached hydrogen (secondary N) is 2. The second-order valence-corrected chi connectivity index (χ2v) is 5.28. The first-order valence-corrected chi connectivity index (χ1v) is 7.93. The van der Waals surface area contributed by atoms with Crippen molar-refractivity contribution in [3.63, 3.8) is 0 Å². The Morgan fingerprint density at radius 1 is 1.08 bits per heavy atom. The molecule has 136 valence electrons. The summed E-state index contributed by atoms with van der Waals surface area (Å²) in [7, 11) is 1.47. The van der Waals surface area contributed by atoms with E-state index < -0.39 is 6.09 Å². The lowest BCUT2D eigenvalue weighted by Crippen LogP contribution is -2.15. The van der Waals surface area contributed by atoms with E-state index in [0.717, 1.165) is 0 Å². The highest BCUT2D eigenvalue weighted by atomic mass is 16.7. The predicted molar refractivity (Wildman–Crippen MR) is 94.2 cm³/mol. The Bertz CT molecular complexity index is 836. The Hall–Kier alpha value is -3.42. The molecule has 0 aliphatic carbocycles. The molecule has 0 aromatic heterocycles. The minimum absolute atomic E-state index is 0.145. The van der Waals surface area contributed by atoms with Crippen molar-refractivity contribution in [1.82, 2.24) is 0 Å². The SMILES string of the molecule is CCOC(=O)Nc1ccc(NC(=O)c2ccc3c(c2)OCO3)cc1OC. The van der Waals surface area contributed by atoms with Crippen molar-refractivity contribution in [3.8, 4) is 17.2 Å². The molecule has 0 bridgehead atoms. The van der Waals surface area contributed by atoms with E-state index in [4.69, 9.17) is 18.9 Å². The fourth-order valence-corrected chi connectivity index (χ4v) is 2.39. The van der Waals surface area contributed by atoms with Crippen LogP contribution in [0.15, 0.2) is 36.4 Å². The van der Waals surface area contributed by atoms with Crippen LogP contribution in [0.25, 0.3) is 0 Å². The first-order valence-electron chi connectivity index (χ1n) is 7.93. The lowest BCUT2D eigenvalue weighted by Gasteiger charge is -2.12. The summed E-state index contributed by atoms with van der Waals surface area (Å²) in [5, 5.41) is 5.34. The molecule has 0 radical (unpaired) electrons. The van der Waals surface area contributed by atoms with Crippen molar-refractivity contribution >= 4 is 23.4 Å². The summed E-state index contributed by atoms with van der Waals surface area (Å²) in [6, 6.07) is 9.82. The summed E-state index contributed by atoms with van der Waals surface area (Å²) in [6.07, 6.45) is -0.581. The molecule has 0 saturated carbocycles. The molecule has 0 spiro atoms. The standard InChI is InChI=1S/C18H18N2O6/c1-3-24-18(22)20-13-6-5-12(9-15(13)23-2)19-17(21)11-4-7-14-16(8-11)26-10-25-14/h4-9H,3,10H2,1-2H3,(H,19,21)(H,20,22). The topological polar surface area (TPSA) is 95.1 Å². The summed E-state index contributed by atoms with van der Waals surface area (Å²) in [6.45, 7) is 2.12. The Balaban J connectivity index is 1.73. The van der Waals surface area contributed by atoms with Gasteiger partial charge in [-0.25, -0.2) is 4.79 Å². The number of fused-ring (bicyclic) bond motifs is 1. The van der Waals surface area contributed by atoms with Crippen LogP contribution in [0.4, 0.5) is 16.2 Å². The number of hydrogen-bond donors (Lipinski definition) is 2. The van der Waals surface area contributed by atoms with Gasteiger partial charge in [-0.15, -0.1) is 0 Å². The lowest BCUT2D eigenvalue weighted by molar-refractivity contribution is 0.102. The van der Waals surface area contributed by atoms with Gasteiger partial charge in [0.25, 0.3) is 5.91 Å². The first-order chi connectivity index (χ1) is 12.6. The first kappa shape index (κ1) is 17.4. The largest absolute Gasteiger partial charge is 0.494 e. The van der Waals surface area contributed by atoms with Crippen LogP contribution in [-0.2, 0) is 4.74 Å². The summed E-state index contributed by atoms with van der Waals surface area (Å²) in [5.41, 5.74) is 1.38.